The summed E-state index contributed by atoms with van der Waals surface area (Å²) >= 11 is 6.08. The van der Waals surface area contributed by atoms with Crippen molar-refractivity contribution in [2.45, 2.75) is 19.8 Å². The van der Waals surface area contributed by atoms with Crippen molar-refractivity contribution in [3.05, 3.63) is 107 Å². The molecule has 32 heavy (non-hydrogen) atoms. The molecule has 0 radical (unpaired) electrons. The van der Waals surface area contributed by atoms with Crippen LogP contribution in [0.5, 0.6) is 0 Å². The maximum atomic E-state index is 12.3. The molecule has 0 heterocycles. The lowest BCUT2D eigenvalue weighted by Crippen LogP contribution is -2.22. The first-order chi connectivity index (χ1) is 15.5. The fourth-order valence-corrected chi connectivity index (χ4v) is 3.08. The second-order valence-corrected chi connectivity index (χ2v) is 7.51. The lowest BCUT2D eigenvalue weighted by molar-refractivity contribution is -0.124. The van der Waals surface area contributed by atoms with Crippen molar-refractivity contribution < 1.29 is 9.59 Å². The van der Waals surface area contributed by atoms with Crippen molar-refractivity contribution in [3.63, 3.8) is 0 Å². The van der Waals surface area contributed by atoms with E-state index in [1.807, 2.05) is 79.7 Å². The van der Waals surface area contributed by atoms with Crippen LogP contribution in [0.25, 0.3) is 6.08 Å². The first kappa shape index (κ1) is 23.0. The summed E-state index contributed by atoms with van der Waals surface area (Å²) in [4.78, 5) is 24.5. The summed E-state index contributed by atoms with van der Waals surface area (Å²) in [6, 6.07) is 24.7. The smallest absolute Gasteiger partial charge is 0.240 e. The summed E-state index contributed by atoms with van der Waals surface area (Å²) in [5.74, 6) is -0.605. The van der Waals surface area contributed by atoms with Gasteiger partial charge < -0.3 is 5.32 Å². The van der Waals surface area contributed by atoms with Crippen molar-refractivity contribution in [2.75, 3.05) is 5.32 Å². The van der Waals surface area contributed by atoms with Crippen LogP contribution in [-0.4, -0.2) is 17.5 Å². The minimum absolute atomic E-state index is 0.0133. The summed E-state index contributed by atoms with van der Waals surface area (Å²) < 4.78 is 0. The van der Waals surface area contributed by atoms with Crippen molar-refractivity contribution in [1.29, 1.82) is 0 Å². The Morgan fingerprint density at radius 2 is 1.53 bits per heavy atom. The molecule has 3 rings (SSSR count). The molecule has 6 heteroatoms. The van der Waals surface area contributed by atoms with Crippen LogP contribution in [0.4, 0.5) is 5.69 Å². The van der Waals surface area contributed by atoms with Gasteiger partial charge in [-0.3, -0.25) is 9.59 Å². The van der Waals surface area contributed by atoms with Crippen molar-refractivity contribution in [3.8, 4) is 0 Å². The van der Waals surface area contributed by atoms with E-state index in [0.717, 1.165) is 16.7 Å². The van der Waals surface area contributed by atoms with E-state index in [4.69, 9.17) is 11.6 Å². The molecule has 2 N–H and O–H groups in total. The number of halogens is 1. The Kier molecular flexibility index (Phi) is 8.35. The fraction of sp³-hybridized carbons (Fsp3) is 0.115. The summed E-state index contributed by atoms with van der Waals surface area (Å²) in [5, 5.41) is 7.64. The summed E-state index contributed by atoms with van der Waals surface area (Å²) in [5.41, 5.74) is 6.48. The van der Waals surface area contributed by atoms with Gasteiger partial charge in [0, 0.05) is 29.1 Å². The largest absolute Gasteiger partial charge is 0.326 e. The van der Waals surface area contributed by atoms with Gasteiger partial charge in [0.05, 0.1) is 5.71 Å². The first-order valence-corrected chi connectivity index (χ1v) is 10.6. The summed E-state index contributed by atoms with van der Waals surface area (Å²) in [7, 11) is 0. The fourth-order valence-electron chi connectivity index (χ4n) is 2.91. The van der Waals surface area contributed by atoms with E-state index < -0.39 is 0 Å². The van der Waals surface area contributed by atoms with E-state index in [-0.39, 0.29) is 24.7 Å². The van der Waals surface area contributed by atoms with E-state index in [1.54, 1.807) is 18.2 Å². The van der Waals surface area contributed by atoms with Crippen LogP contribution >= 0.6 is 11.6 Å². The number of carbonyl (C=O) groups excluding carboxylic acids is 2. The number of carbonyl (C=O) groups is 2. The predicted molar refractivity (Wildman–Crippen MR) is 131 cm³/mol. The van der Waals surface area contributed by atoms with E-state index in [2.05, 4.69) is 15.8 Å². The summed E-state index contributed by atoms with van der Waals surface area (Å²) in [6.45, 7) is 1.83. The average Bonchev–Trinajstić information content (AvgIpc) is 2.82. The molecule has 0 bridgehead atoms. The highest BCUT2D eigenvalue weighted by molar-refractivity contribution is 6.31. The Balaban J connectivity index is 1.60. The van der Waals surface area contributed by atoms with Crippen LogP contribution in [0.15, 0.2) is 90.0 Å². The van der Waals surface area contributed by atoms with E-state index >= 15 is 0 Å². The van der Waals surface area contributed by atoms with Crippen LogP contribution in [0.3, 0.4) is 0 Å². The van der Waals surface area contributed by atoms with Gasteiger partial charge in [-0.1, -0.05) is 84.4 Å². The number of benzene rings is 3. The predicted octanol–water partition coefficient (Wildman–Crippen LogP) is 5.60. The van der Waals surface area contributed by atoms with Gasteiger partial charge in [-0.2, -0.15) is 5.10 Å². The van der Waals surface area contributed by atoms with Gasteiger partial charge in [0.2, 0.25) is 11.8 Å². The molecular formula is C26H24ClN3O2. The molecule has 0 atom stereocenters. The Bertz CT molecular complexity index is 1130. The van der Waals surface area contributed by atoms with Crippen molar-refractivity contribution >= 4 is 40.9 Å². The van der Waals surface area contributed by atoms with Crippen LogP contribution in [0.2, 0.25) is 5.02 Å². The molecule has 0 saturated heterocycles. The van der Waals surface area contributed by atoms with Crippen LogP contribution < -0.4 is 10.7 Å². The van der Waals surface area contributed by atoms with Crippen LogP contribution in [0.1, 0.15) is 29.5 Å². The van der Waals surface area contributed by atoms with E-state index in [1.165, 1.54) is 0 Å². The zero-order valence-corrected chi connectivity index (χ0v) is 18.5. The third-order valence-corrected chi connectivity index (χ3v) is 5.13. The Morgan fingerprint density at radius 3 is 2.25 bits per heavy atom. The van der Waals surface area contributed by atoms with E-state index in [0.29, 0.717) is 16.4 Å². The molecule has 0 aromatic heterocycles. The summed E-state index contributed by atoms with van der Waals surface area (Å²) in [6.07, 6.45) is 3.82. The normalized spacial score (nSPS) is 11.4. The topological polar surface area (TPSA) is 70.6 Å². The molecule has 0 aliphatic heterocycles. The Labute approximate surface area is 192 Å². The Hall–Kier alpha value is -3.70. The second-order valence-electron chi connectivity index (χ2n) is 7.10. The number of allylic oxidation sites excluding steroid dienone is 1. The minimum Gasteiger partial charge on any atom is -0.326 e. The zero-order valence-electron chi connectivity index (χ0n) is 17.7. The molecule has 0 saturated carbocycles. The highest BCUT2D eigenvalue weighted by Crippen LogP contribution is 2.23. The van der Waals surface area contributed by atoms with Gasteiger partial charge in [-0.25, -0.2) is 5.43 Å². The average molecular weight is 446 g/mol. The van der Waals surface area contributed by atoms with Crippen LogP contribution in [0, 0.1) is 6.92 Å². The van der Waals surface area contributed by atoms with Crippen molar-refractivity contribution in [1.82, 2.24) is 5.43 Å². The highest BCUT2D eigenvalue weighted by Gasteiger charge is 2.10. The number of nitrogens with zero attached hydrogens (tertiary/aromatic N) is 1. The molecule has 3 aromatic rings. The molecule has 5 nitrogen and oxygen atoms in total. The Morgan fingerprint density at radius 1 is 0.875 bits per heavy atom. The maximum Gasteiger partial charge on any atom is 0.240 e. The third-order valence-electron chi connectivity index (χ3n) is 4.72. The molecule has 3 aromatic carbocycles. The number of rotatable bonds is 8. The first-order valence-electron chi connectivity index (χ1n) is 10.2. The molecule has 0 unspecified atom stereocenters. The zero-order chi connectivity index (χ0) is 22.8. The highest BCUT2D eigenvalue weighted by atomic mass is 35.5. The molecule has 0 spiro atoms. The van der Waals surface area contributed by atoms with E-state index in [9.17, 15) is 9.59 Å². The molecule has 162 valence electrons. The lowest BCUT2D eigenvalue weighted by atomic mass is 10.1. The standard InChI is InChI=1S/C26H24ClN3O2/c1-19-22(27)13-8-14-23(19)28-25(31)17-18-26(32)30-29-24(21-11-6-3-7-12-21)16-15-20-9-4-2-5-10-20/h2-16H,17-18H2,1H3,(H,28,31)(H,30,32)/b16-15-,29-24?. The second kappa shape index (κ2) is 11.6. The van der Waals surface area contributed by atoms with Gasteiger partial charge >= 0.3 is 0 Å². The van der Waals surface area contributed by atoms with Gasteiger partial charge in [0.1, 0.15) is 0 Å². The SMILES string of the molecule is Cc1c(Cl)cccc1NC(=O)CCC(=O)NN=C(/C=C\c1ccccc1)c1ccccc1. The number of hydrazone groups is 1. The van der Waals surface area contributed by atoms with Crippen LogP contribution in [-0.2, 0) is 9.59 Å². The molecule has 2 amide bonds. The van der Waals surface area contributed by atoms with Gasteiger partial charge in [0.15, 0.2) is 0 Å². The molecule has 0 aliphatic carbocycles. The van der Waals surface area contributed by atoms with Gasteiger partial charge in [-0.05, 0) is 36.3 Å². The number of hydrogen-bond acceptors (Lipinski definition) is 3. The number of nitrogens with one attached hydrogen (secondary N) is 2. The quantitative estimate of drug-likeness (QED) is 0.350. The third kappa shape index (κ3) is 6.93. The number of amides is 2. The minimum atomic E-state index is -0.343. The molecular weight excluding hydrogens is 422 g/mol. The van der Waals surface area contributed by atoms with Gasteiger partial charge in [-0.15, -0.1) is 0 Å². The lowest BCUT2D eigenvalue weighted by Gasteiger charge is -2.09. The maximum absolute atomic E-state index is 12.3. The monoisotopic (exact) mass is 445 g/mol. The molecule has 0 fully saturated rings. The van der Waals surface area contributed by atoms with Gasteiger partial charge in [0.25, 0.3) is 0 Å². The molecule has 0 aliphatic rings. The number of anilines is 1. The number of hydrogen-bond donors (Lipinski definition) is 2. The van der Waals surface area contributed by atoms with Crippen molar-refractivity contribution in [2.24, 2.45) is 5.10 Å².